The molecule has 0 radical (unpaired) electrons. The zero-order valence-electron chi connectivity index (χ0n) is 14.4. The van der Waals surface area contributed by atoms with Crippen molar-refractivity contribution in [2.75, 3.05) is 26.3 Å². The summed E-state index contributed by atoms with van der Waals surface area (Å²) in [6, 6.07) is 7.63. The molecule has 2 fully saturated rings. The summed E-state index contributed by atoms with van der Waals surface area (Å²) in [6.07, 6.45) is 4.36. The smallest absolute Gasteiger partial charge is 0.257 e. The molecule has 2 saturated heterocycles. The van der Waals surface area contributed by atoms with E-state index in [4.69, 9.17) is 15.2 Å². The first kappa shape index (κ1) is 17.2. The van der Waals surface area contributed by atoms with Crippen LogP contribution in [0.4, 0.5) is 0 Å². The van der Waals surface area contributed by atoms with Gasteiger partial charge in [-0.2, -0.15) is 0 Å². The standard InChI is InChI=1S/C19H28N2O3/c1-14(20)15-6-4-10-21(12-15)19(22)17-8-2-3-9-18(17)24-13-16-7-5-11-23-16/h2-3,8-9,14-16H,4-7,10-13,20H2,1H3/t14-,15+,16-/m0/s1. The summed E-state index contributed by atoms with van der Waals surface area (Å²) in [4.78, 5) is 14.9. The lowest BCUT2D eigenvalue weighted by Gasteiger charge is -2.35. The van der Waals surface area contributed by atoms with E-state index in [0.717, 1.165) is 45.4 Å². The summed E-state index contributed by atoms with van der Waals surface area (Å²) < 4.78 is 11.5. The molecule has 0 bridgehead atoms. The van der Waals surface area contributed by atoms with Gasteiger partial charge in [0.2, 0.25) is 0 Å². The SMILES string of the molecule is C[C@H](N)[C@@H]1CCCN(C(=O)c2ccccc2OC[C@@H]2CCCO2)C1. The molecule has 132 valence electrons. The van der Waals surface area contributed by atoms with Crippen molar-refractivity contribution in [1.29, 1.82) is 0 Å². The molecule has 2 heterocycles. The Labute approximate surface area is 144 Å². The quantitative estimate of drug-likeness (QED) is 0.899. The highest BCUT2D eigenvalue weighted by molar-refractivity contribution is 5.97. The fourth-order valence-electron chi connectivity index (χ4n) is 3.52. The summed E-state index contributed by atoms with van der Waals surface area (Å²) in [7, 11) is 0. The number of carbonyl (C=O) groups is 1. The lowest BCUT2D eigenvalue weighted by Crippen LogP contribution is -2.45. The van der Waals surface area contributed by atoms with E-state index in [2.05, 4.69) is 0 Å². The maximum Gasteiger partial charge on any atom is 0.257 e. The zero-order chi connectivity index (χ0) is 16.9. The first-order valence-electron chi connectivity index (χ1n) is 9.03. The molecule has 24 heavy (non-hydrogen) atoms. The fraction of sp³-hybridized carbons (Fsp3) is 0.632. The molecule has 2 aliphatic rings. The van der Waals surface area contributed by atoms with Gasteiger partial charge < -0.3 is 20.1 Å². The molecule has 0 saturated carbocycles. The van der Waals surface area contributed by atoms with E-state index in [9.17, 15) is 4.79 Å². The highest BCUT2D eigenvalue weighted by atomic mass is 16.5. The van der Waals surface area contributed by atoms with Crippen LogP contribution >= 0.6 is 0 Å². The van der Waals surface area contributed by atoms with Gasteiger partial charge in [-0.3, -0.25) is 4.79 Å². The van der Waals surface area contributed by atoms with Gasteiger partial charge in [-0.1, -0.05) is 12.1 Å². The number of nitrogens with two attached hydrogens (primary N) is 1. The number of amides is 1. The predicted octanol–water partition coefficient (Wildman–Crippen LogP) is 2.44. The van der Waals surface area contributed by atoms with Gasteiger partial charge in [-0.05, 0) is 50.7 Å². The third-order valence-corrected chi connectivity index (χ3v) is 5.05. The highest BCUT2D eigenvalue weighted by Crippen LogP contribution is 2.25. The van der Waals surface area contributed by atoms with Crippen LogP contribution in [0.25, 0.3) is 0 Å². The molecular weight excluding hydrogens is 304 g/mol. The minimum Gasteiger partial charge on any atom is -0.490 e. The number of para-hydroxylation sites is 1. The first-order valence-corrected chi connectivity index (χ1v) is 9.03. The van der Waals surface area contributed by atoms with Crippen LogP contribution in [0.3, 0.4) is 0 Å². The van der Waals surface area contributed by atoms with E-state index in [1.165, 1.54) is 0 Å². The Bertz CT molecular complexity index is 555. The van der Waals surface area contributed by atoms with Crippen LogP contribution in [0.15, 0.2) is 24.3 Å². The van der Waals surface area contributed by atoms with E-state index >= 15 is 0 Å². The Hall–Kier alpha value is -1.59. The Balaban J connectivity index is 1.67. The minimum atomic E-state index is 0.0447. The Morgan fingerprint density at radius 1 is 1.38 bits per heavy atom. The monoisotopic (exact) mass is 332 g/mol. The van der Waals surface area contributed by atoms with Crippen LogP contribution < -0.4 is 10.5 Å². The molecule has 2 aliphatic heterocycles. The van der Waals surface area contributed by atoms with Crippen molar-refractivity contribution >= 4 is 5.91 Å². The molecule has 0 unspecified atom stereocenters. The van der Waals surface area contributed by atoms with Crippen molar-refractivity contribution in [1.82, 2.24) is 4.90 Å². The van der Waals surface area contributed by atoms with Crippen LogP contribution in [-0.2, 0) is 4.74 Å². The number of hydrogen-bond donors (Lipinski definition) is 1. The average molecular weight is 332 g/mol. The number of rotatable bonds is 5. The van der Waals surface area contributed by atoms with Gasteiger partial charge >= 0.3 is 0 Å². The fourth-order valence-corrected chi connectivity index (χ4v) is 3.52. The van der Waals surface area contributed by atoms with Gasteiger partial charge in [0.1, 0.15) is 12.4 Å². The van der Waals surface area contributed by atoms with E-state index in [1.807, 2.05) is 36.1 Å². The molecule has 1 aromatic rings. The van der Waals surface area contributed by atoms with Crippen molar-refractivity contribution in [2.24, 2.45) is 11.7 Å². The van der Waals surface area contributed by atoms with Gasteiger partial charge in [0.25, 0.3) is 5.91 Å². The van der Waals surface area contributed by atoms with Gasteiger partial charge in [-0.25, -0.2) is 0 Å². The minimum absolute atomic E-state index is 0.0447. The summed E-state index contributed by atoms with van der Waals surface area (Å²) >= 11 is 0. The maximum atomic E-state index is 13.0. The van der Waals surface area contributed by atoms with E-state index in [1.54, 1.807) is 0 Å². The number of benzene rings is 1. The highest BCUT2D eigenvalue weighted by Gasteiger charge is 2.28. The van der Waals surface area contributed by atoms with E-state index < -0.39 is 0 Å². The second-order valence-corrected chi connectivity index (χ2v) is 6.95. The molecule has 5 heteroatoms. The molecule has 1 amide bonds. The van der Waals surface area contributed by atoms with Crippen LogP contribution in [0.2, 0.25) is 0 Å². The van der Waals surface area contributed by atoms with Crippen LogP contribution in [0.1, 0.15) is 43.0 Å². The number of nitrogens with zero attached hydrogens (tertiary/aromatic N) is 1. The van der Waals surface area contributed by atoms with Crippen molar-refractivity contribution in [3.05, 3.63) is 29.8 Å². The Morgan fingerprint density at radius 3 is 2.96 bits per heavy atom. The Kier molecular flexibility index (Phi) is 5.74. The maximum absolute atomic E-state index is 13.0. The van der Waals surface area contributed by atoms with E-state index in [-0.39, 0.29) is 18.1 Å². The normalized spacial score (nSPS) is 25.5. The summed E-state index contributed by atoms with van der Waals surface area (Å²) in [6.45, 7) is 4.86. The van der Waals surface area contributed by atoms with Crippen molar-refractivity contribution in [3.63, 3.8) is 0 Å². The number of carbonyl (C=O) groups excluding carboxylic acids is 1. The van der Waals surface area contributed by atoms with Crippen molar-refractivity contribution in [3.8, 4) is 5.75 Å². The van der Waals surface area contributed by atoms with Gasteiger partial charge in [0, 0.05) is 25.7 Å². The van der Waals surface area contributed by atoms with Crippen LogP contribution in [0.5, 0.6) is 5.75 Å². The molecule has 5 nitrogen and oxygen atoms in total. The largest absolute Gasteiger partial charge is 0.490 e. The number of ether oxygens (including phenoxy) is 2. The Morgan fingerprint density at radius 2 is 2.21 bits per heavy atom. The van der Waals surface area contributed by atoms with Crippen LogP contribution in [0, 0.1) is 5.92 Å². The van der Waals surface area contributed by atoms with Gasteiger partial charge in [-0.15, -0.1) is 0 Å². The van der Waals surface area contributed by atoms with Gasteiger partial charge in [0.15, 0.2) is 0 Å². The molecule has 1 aromatic carbocycles. The third-order valence-electron chi connectivity index (χ3n) is 5.05. The summed E-state index contributed by atoms with van der Waals surface area (Å²) in [5.41, 5.74) is 6.68. The average Bonchev–Trinajstić information content (AvgIpc) is 3.13. The zero-order valence-corrected chi connectivity index (χ0v) is 14.4. The predicted molar refractivity (Wildman–Crippen MR) is 93.2 cm³/mol. The molecule has 0 spiro atoms. The van der Waals surface area contributed by atoms with Crippen molar-refractivity contribution in [2.45, 2.75) is 44.8 Å². The summed E-state index contributed by atoms with van der Waals surface area (Å²) in [5, 5.41) is 0. The topological polar surface area (TPSA) is 64.8 Å². The molecule has 0 aromatic heterocycles. The molecule has 0 aliphatic carbocycles. The molecule has 3 rings (SSSR count). The van der Waals surface area contributed by atoms with Crippen LogP contribution in [-0.4, -0.2) is 49.3 Å². The second-order valence-electron chi connectivity index (χ2n) is 6.95. The third kappa shape index (κ3) is 4.08. The van der Waals surface area contributed by atoms with E-state index in [0.29, 0.717) is 23.8 Å². The van der Waals surface area contributed by atoms with Crippen molar-refractivity contribution < 1.29 is 14.3 Å². The second kappa shape index (κ2) is 7.99. The lowest BCUT2D eigenvalue weighted by molar-refractivity contribution is 0.0613. The first-order chi connectivity index (χ1) is 11.6. The lowest BCUT2D eigenvalue weighted by atomic mass is 9.92. The molecular formula is C19H28N2O3. The molecule has 2 N–H and O–H groups in total. The number of likely N-dealkylation sites (tertiary alicyclic amines) is 1. The molecule has 3 atom stereocenters. The summed E-state index contributed by atoms with van der Waals surface area (Å²) in [5.74, 6) is 1.08. The number of hydrogen-bond acceptors (Lipinski definition) is 4. The number of piperidine rings is 1. The van der Waals surface area contributed by atoms with Gasteiger partial charge in [0.05, 0.1) is 11.7 Å².